The molecule has 0 saturated carbocycles. The van der Waals surface area contributed by atoms with Crippen molar-refractivity contribution in [2.45, 2.75) is 39.5 Å². The number of aromatic nitrogens is 1. The summed E-state index contributed by atoms with van der Waals surface area (Å²) in [5, 5.41) is 0.709. The summed E-state index contributed by atoms with van der Waals surface area (Å²) >= 11 is 6.10. The first kappa shape index (κ1) is 9.97. The van der Waals surface area contributed by atoms with Crippen molar-refractivity contribution in [2.75, 3.05) is 0 Å². The minimum absolute atomic E-state index is 0.709. The average Bonchev–Trinajstić information content (AvgIpc) is 2.16. The van der Waals surface area contributed by atoms with E-state index in [2.05, 4.69) is 24.9 Å². The first-order valence-corrected chi connectivity index (χ1v) is 5.75. The largest absolute Gasteiger partial charge is 0.241 e. The lowest BCUT2D eigenvalue weighted by Gasteiger charge is -2.21. The average molecular weight is 210 g/mol. The van der Waals surface area contributed by atoms with Gasteiger partial charge in [-0.15, -0.1) is 0 Å². The number of nitrogens with zero attached hydrogens (tertiary/aromatic N) is 1. The Bertz CT molecular complexity index is 346. The molecule has 0 bridgehead atoms. The molecule has 1 heterocycles. The van der Waals surface area contributed by atoms with Crippen molar-refractivity contribution in [1.82, 2.24) is 4.98 Å². The Kier molecular flexibility index (Phi) is 2.78. The Morgan fingerprint density at radius 3 is 3.07 bits per heavy atom. The lowest BCUT2D eigenvalue weighted by molar-refractivity contribution is 0.491. The smallest absolute Gasteiger partial charge is 0.132 e. The molecule has 0 N–H and O–H groups in total. The SMILES string of the molecule is CCc1cc2c(nc1Cl)CC(C)CC2. The fourth-order valence-corrected chi connectivity index (χ4v) is 2.38. The Hall–Kier alpha value is -0.560. The van der Waals surface area contributed by atoms with Crippen molar-refractivity contribution >= 4 is 11.6 Å². The van der Waals surface area contributed by atoms with Gasteiger partial charge in [-0.2, -0.15) is 0 Å². The first-order valence-electron chi connectivity index (χ1n) is 5.38. The first-order chi connectivity index (χ1) is 6.70. The van der Waals surface area contributed by atoms with Crippen LogP contribution in [0.2, 0.25) is 5.15 Å². The Labute approximate surface area is 90.5 Å². The van der Waals surface area contributed by atoms with Gasteiger partial charge in [-0.3, -0.25) is 0 Å². The summed E-state index contributed by atoms with van der Waals surface area (Å²) in [5.41, 5.74) is 3.84. The van der Waals surface area contributed by atoms with Crippen molar-refractivity contribution in [3.63, 3.8) is 0 Å². The molecule has 2 heteroatoms. The van der Waals surface area contributed by atoms with E-state index in [9.17, 15) is 0 Å². The minimum Gasteiger partial charge on any atom is -0.241 e. The molecule has 1 aliphatic carbocycles. The summed E-state index contributed by atoms with van der Waals surface area (Å²) in [6.07, 6.45) is 4.54. The van der Waals surface area contributed by atoms with E-state index in [0.29, 0.717) is 5.15 Å². The van der Waals surface area contributed by atoms with Gasteiger partial charge in [-0.1, -0.05) is 31.5 Å². The lowest BCUT2D eigenvalue weighted by atomic mass is 9.87. The zero-order valence-corrected chi connectivity index (χ0v) is 9.56. The quantitative estimate of drug-likeness (QED) is 0.646. The van der Waals surface area contributed by atoms with Crippen LogP contribution in [-0.2, 0) is 19.3 Å². The second-order valence-corrected chi connectivity index (χ2v) is 4.60. The van der Waals surface area contributed by atoms with Crippen LogP contribution < -0.4 is 0 Å². The third-order valence-corrected chi connectivity index (χ3v) is 3.37. The van der Waals surface area contributed by atoms with Gasteiger partial charge in [-0.05, 0) is 42.7 Å². The Balaban J connectivity index is 2.40. The summed E-state index contributed by atoms with van der Waals surface area (Å²) in [4.78, 5) is 4.50. The van der Waals surface area contributed by atoms with E-state index in [1.807, 2.05) is 0 Å². The molecule has 14 heavy (non-hydrogen) atoms. The van der Waals surface area contributed by atoms with Gasteiger partial charge < -0.3 is 0 Å². The minimum atomic E-state index is 0.709. The third kappa shape index (κ3) is 1.78. The summed E-state index contributed by atoms with van der Waals surface area (Å²) in [6.45, 7) is 4.41. The van der Waals surface area contributed by atoms with Gasteiger partial charge in [0.25, 0.3) is 0 Å². The van der Waals surface area contributed by atoms with E-state index in [1.165, 1.54) is 29.7 Å². The Morgan fingerprint density at radius 2 is 2.36 bits per heavy atom. The molecule has 0 saturated heterocycles. The van der Waals surface area contributed by atoms with Crippen LogP contribution in [0.5, 0.6) is 0 Å². The number of rotatable bonds is 1. The third-order valence-electron chi connectivity index (χ3n) is 3.05. The van der Waals surface area contributed by atoms with Crippen LogP contribution in [0.4, 0.5) is 0 Å². The van der Waals surface area contributed by atoms with E-state index in [-0.39, 0.29) is 0 Å². The van der Waals surface area contributed by atoms with Crippen LogP contribution in [-0.4, -0.2) is 4.98 Å². The molecule has 0 aromatic carbocycles. The second-order valence-electron chi connectivity index (χ2n) is 4.25. The standard InChI is InChI=1S/C12H16ClN/c1-3-9-7-10-5-4-8(2)6-11(10)14-12(9)13/h7-8H,3-6H2,1-2H3. The van der Waals surface area contributed by atoms with Crippen molar-refractivity contribution in [3.05, 3.63) is 28.0 Å². The second kappa shape index (κ2) is 3.90. The Morgan fingerprint density at radius 1 is 1.57 bits per heavy atom. The van der Waals surface area contributed by atoms with Crippen LogP contribution in [0.3, 0.4) is 0 Å². The predicted molar refractivity (Wildman–Crippen MR) is 59.8 cm³/mol. The number of pyridine rings is 1. The molecular formula is C12H16ClN. The number of hydrogen-bond donors (Lipinski definition) is 0. The number of fused-ring (bicyclic) bond motifs is 1. The molecule has 76 valence electrons. The molecular weight excluding hydrogens is 194 g/mol. The molecule has 1 aliphatic rings. The van der Waals surface area contributed by atoms with Crippen LogP contribution in [0.25, 0.3) is 0 Å². The van der Waals surface area contributed by atoms with Crippen molar-refractivity contribution in [2.24, 2.45) is 5.92 Å². The highest BCUT2D eigenvalue weighted by molar-refractivity contribution is 6.30. The van der Waals surface area contributed by atoms with Gasteiger partial charge in [-0.25, -0.2) is 4.98 Å². The molecule has 0 spiro atoms. The topological polar surface area (TPSA) is 12.9 Å². The van der Waals surface area contributed by atoms with Gasteiger partial charge in [0, 0.05) is 5.69 Å². The highest BCUT2D eigenvalue weighted by atomic mass is 35.5. The highest BCUT2D eigenvalue weighted by Gasteiger charge is 2.17. The van der Waals surface area contributed by atoms with Crippen LogP contribution >= 0.6 is 11.6 Å². The maximum atomic E-state index is 6.10. The van der Waals surface area contributed by atoms with Crippen LogP contribution in [0.1, 0.15) is 37.1 Å². The maximum Gasteiger partial charge on any atom is 0.132 e. The molecule has 0 aliphatic heterocycles. The maximum absolute atomic E-state index is 6.10. The van der Waals surface area contributed by atoms with Gasteiger partial charge in [0.2, 0.25) is 0 Å². The number of hydrogen-bond acceptors (Lipinski definition) is 1. The fourth-order valence-electron chi connectivity index (χ4n) is 2.09. The molecule has 1 nitrogen and oxygen atoms in total. The van der Waals surface area contributed by atoms with Crippen molar-refractivity contribution < 1.29 is 0 Å². The molecule has 1 aromatic rings. The summed E-state index contributed by atoms with van der Waals surface area (Å²) in [5.74, 6) is 0.763. The molecule has 1 aromatic heterocycles. The monoisotopic (exact) mass is 209 g/mol. The number of aryl methyl sites for hydroxylation is 2. The van der Waals surface area contributed by atoms with Crippen molar-refractivity contribution in [3.8, 4) is 0 Å². The summed E-state index contributed by atoms with van der Waals surface area (Å²) in [7, 11) is 0. The van der Waals surface area contributed by atoms with Gasteiger partial charge in [0.05, 0.1) is 0 Å². The molecule has 0 amide bonds. The molecule has 0 radical (unpaired) electrons. The van der Waals surface area contributed by atoms with E-state index in [4.69, 9.17) is 11.6 Å². The van der Waals surface area contributed by atoms with Crippen molar-refractivity contribution in [1.29, 1.82) is 0 Å². The molecule has 1 unspecified atom stereocenters. The summed E-state index contributed by atoms with van der Waals surface area (Å²) < 4.78 is 0. The molecule has 1 atom stereocenters. The zero-order chi connectivity index (χ0) is 10.1. The zero-order valence-electron chi connectivity index (χ0n) is 8.81. The van der Waals surface area contributed by atoms with E-state index in [1.54, 1.807) is 0 Å². The summed E-state index contributed by atoms with van der Waals surface area (Å²) in [6, 6.07) is 2.25. The van der Waals surface area contributed by atoms with E-state index < -0.39 is 0 Å². The normalized spacial score (nSPS) is 20.6. The van der Waals surface area contributed by atoms with Gasteiger partial charge >= 0.3 is 0 Å². The number of halogens is 1. The van der Waals surface area contributed by atoms with Crippen LogP contribution in [0.15, 0.2) is 6.07 Å². The van der Waals surface area contributed by atoms with E-state index in [0.717, 1.165) is 18.8 Å². The van der Waals surface area contributed by atoms with Gasteiger partial charge in [0.1, 0.15) is 5.15 Å². The lowest BCUT2D eigenvalue weighted by Crippen LogP contribution is -2.13. The van der Waals surface area contributed by atoms with Gasteiger partial charge in [0.15, 0.2) is 0 Å². The van der Waals surface area contributed by atoms with E-state index >= 15 is 0 Å². The fraction of sp³-hybridized carbons (Fsp3) is 0.583. The predicted octanol–water partition coefficient (Wildman–Crippen LogP) is 3.42. The highest BCUT2D eigenvalue weighted by Crippen LogP contribution is 2.27. The molecule has 2 rings (SSSR count). The van der Waals surface area contributed by atoms with Crippen LogP contribution in [0, 0.1) is 5.92 Å². The molecule has 0 fully saturated rings.